The Bertz CT molecular complexity index is 1530. The van der Waals surface area contributed by atoms with Gasteiger partial charge in [0.1, 0.15) is 5.69 Å². The van der Waals surface area contributed by atoms with E-state index in [-0.39, 0.29) is 17.2 Å². The third kappa shape index (κ3) is 6.06. The normalized spacial score (nSPS) is 19.6. The molecule has 214 valence electrons. The van der Waals surface area contributed by atoms with E-state index in [0.29, 0.717) is 24.1 Å². The first kappa shape index (κ1) is 27.2. The van der Waals surface area contributed by atoms with Crippen molar-refractivity contribution in [1.29, 1.82) is 0 Å². The average Bonchev–Trinajstić information content (AvgIpc) is 3.71. The first-order valence-corrected chi connectivity index (χ1v) is 14.2. The predicted octanol–water partition coefficient (Wildman–Crippen LogP) is 4.32. The van der Waals surface area contributed by atoms with E-state index in [2.05, 4.69) is 48.8 Å². The lowest BCUT2D eigenvalue weighted by atomic mass is 9.87. The molecule has 11 heteroatoms. The molecular weight excluding hydrogens is 518 g/mol. The maximum atomic E-state index is 13.4. The van der Waals surface area contributed by atoms with Crippen LogP contribution in [0, 0.1) is 0 Å². The van der Waals surface area contributed by atoms with Gasteiger partial charge in [-0.05, 0) is 69.3 Å². The van der Waals surface area contributed by atoms with Gasteiger partial charge >= 0.3 is 0 Å². The van der Waals surface area contributed by atoms with Crippen molar-refractivity contribution in [2.24, 2.45) is 7.05 Å². The monoisotopic (exact) mass is 555 g/mol. The molecule has 3 aromatic heterocycles. The van der Waals surface area contributed by atoms with Crippen LogP contribution in [0.4, 0.5) is 11.6 Å². The lowest BCUT2D eigenvalue weighted by Crippen LogP contribution is -2.35. The van der Waals surface area contributed by atoms with Crippen molar-refractivity contribution in [2.75, 3.05) is 25.1 Å². The molecule has 1 N–H and O–H groups in total. The number of aryl methyl sites for hydroxylation is 1. The third-order valence-corrected chi connectivity index (χ3v) is 7.95. The molecule has 0 unspecified atom stereocenters. The number of benzene rings is 1. The van der Waals surface area contributed by atoms with Crippen molar-refractivity contribution < 1.29 is 9.53 Å². The second kappa shape index (κ2) is 11.1. The van der Waals surface area contributed by atoms with Gasteiger partial charge in [0.2, 0.25) is 5.95 Å². The zero-order chi connectivity index (χ0) is 28.6. The molecule has 41 heavy (non-hydrogen) atoms. The van der Waals surface area contributed by atoms with Crippen LogP contribution in [0.2, 0.25) is 0 Å². The summed E-state index contributed by atoms with van der Waals surface area (Å²) >= 11 is 0. The van der Waals surface area contributed by atoms with E-state index >= 15 is 0 Å². The smallest absolute Gasteiger partial charge is 0.227 e. The fraction of sp³-hybridized carbons (Fsp3) is 0.467. The lowest BCUT2D eigenvalue weighted by Gasteiger charge is -2.26. The number of carbonyl (C=O) groups excluding carboxylic acids is 1. The molecule has 4 aromatic rings. The van der Waals surface area contributed by atoms with Crippen LogP contribution in [0.1, 0.15) is 67.6 Å². The maximum Gasteiger partial charge on any atom is 0.227 e. The summed E-state index contributed by atoms with van der Waals surface area (Å²) in [7, 11) is 1.87. The van der Waals surface area contributed by atoms with Crippen LogP contribution < -0.4 is 5.32 Å². The van der Waals surface area contributed by atoms with Crippen LogP contribution >= 0.6 is 0 Å². The maximum absolute atomic E-state index is 13.4. The molecule has 1 aromatic carbocycles. The Kier molecular flexibility index (Phi) is 7.39. The number of Topliss-reactive ketones (excluding diaryl/α,β-unsaturated/α-hetero) is 1. The van der Waals surface area contributed by atoms with E-state index in [1.807, 2.05) is 40.1 Å². The highest BCUT2D eigenvalue weighted by Crippen LogP contribution is 2.36. The van der Waals surface area contributed by atoms with Crippen molar-refractivity contribution in [3.8, 4) is 11.3 Å². The summed E-state index contributed by atoms with van der Waals surface area (Å²) in [5.74, 6) is 0.633. The molecule has 6 rings (SSSR count). The average molecular weight is 556 g/mol. The summed E-state index contributed by atoms with van der Waals surface area (Å²) < 4.78 is 9.22. The first-order valence-electron chi connectivity index (χ1n) is 14.2. The van der Waals surface area contributed by atoms with Gasteiger partial charge in [-0.2, -0.15) is 5.10 Å². The van der Waals surface area contributed by atoms with Crippen LogP contribution in [0.3, 0.4) is 0 Å². The van der Waals surface area contributed by atoms with Gasteiger partial charge in [-0.3, -0.25) is 14.4 Å². The molecule has 0 spiro atoms. The van der Waals surface area contributed by atoms with Crippen LogP contribution in [-0.2, 0) is 23.9 Å². The Balaban J connectivity index is 1.28. The van der Waals surface area contributed by atoms with E-state index in [0.717, 1.165) is 56.1 Å². The third-order valence-electron chi connectivity index (χ3n) is 7.95. The zero-order valence-electron chi connectivity index (χ0n) is 24.1. The number of nitrogens with zero attached hydrogens (tertiary/aromatic N) is 8. The molecule has 11 nitrogen and oxygen atoms in total. The van der Waals surface area contributed by atoms with Crippen LogP contribution in [-0.4, -0.2) is 71.2 Å². The summed E-state index contributed by atoms with van der Waals surface area (Å²) in [4.78, 5) is 25.1. The number of hydrogen-bond acceptors (Lipinski definition) is 9. The highest BCUT2D eigenvalue weighted by molar-refractivity contribution is 5.94. The van der Waals surface area contributed by atoms with Gasteiger partial charge in [-0.1, -0.05) is 17.3 Å². The fourth-order valence-electron chi connectivity index (χ4n) is 5.65. The minimum atomic E-state index is -0.227. The molecular formula is C30H37N9O2. The molecule has 2 atom stereocenters. The topological polar surface area (TPSA) is 116 Å². The van der Waals surface area contributed by atoms with Gasteiger partial charge in [0.25, 0.3) is 0 Å². The number of nitrogens with one attached hydrogen (secondary N) is 1. The summed E-state index contributed by atoms with van der Waals surface area (Å²) in [6.45, 7) is 9.42. The summed E-state index contributed by atoms with van der Waals surface area (Å²) in [5.41, 5.74) is 5.32. The fourth-order valence-corrected chi connectivity index (χ4v) is 5.65. The number of aromatic nitrogens is 7. The highest BCUT2D eigenvalue weighted by atomic mass is 16.5. The summed E-state index contributed by atoms with van der Waals surface area (Å²) in [6, 6.07) is 8.83. The quantitative estimate of drug-likeness (QED) is 0.333. The second-order valence-electron chi connectivity index (χ2n) is 12.0. The van der Waals surface area contributed by atoms with E-state index in [9.17, 15) is 4.79 Å². The van der Waals surface area contributed by atoms with E-state index in [1.54, 1.807) is 28.0 Å². The zero-order valence-corrected chi connectivity index (χ0v) is 24.1. The van der Waals surface area contributed by atoms with Crippen molar-refractivity contribution in [2.45, 2.75) is 64.1 Å². The summed E-state index contributed by atoms with van der Waals surface area (Å²) in [6.07, 6.45) is 9.49. The molecule has 0 saturated carbocycles. The van der Waals surface area contributed by atoms with Gasteiger partial charge in [-0.25, -0.2) is 14.6 Å². The molecule has 0 bridgehead atoms. The molecule has 0 radical (unpaired) electrons. The van der Waals surface area contributed by atoms with Gasteiger partial charge in [0.15, 0.2) is 5.78 Å². The molecule has 0 amide bonds. The molecule has 0 aliphatic carbocycles. The minimum absolute atomic E-state index is 0.0279. The van der Waals surface area contributed by atoms with Gasteiger partial charge in [-0.15, -0.1) is 5.10 Å². The Labute approximate surface area is 239 Å². The van der Waals surface area contributed by atoms with Crippen molar-refractivity contribution in [3.63, 3.8) is 0 Å². The number of anilines is 2. The van der Waals surface area contributed by atoms with Gasteiger partial charge in [0.05, 0.1) is 35.9 Å². The molecule has 5 heterocycles. The Morgan fingerprint density at radius 2 is 2.05 bits per heavy atom. The Hall–Kier alpha value is -3.96. The Morgan fingerprint density at radius 1 is 1.17 bits per heavy atom. The number of ketones is 1. The standard InChI is InChI=1S/C30H37N9O2/c1-30(2,3)39-18-27(35-36-39)28(40)14-20-8-11-38(24-9-12-41-19-24)16-22-13-21(5-6-25(20)22)26-7-10-31-29(34-26)33-23-15-32-37(4)17-23/h5-7,10,13,15,17-18,20,24H,8-9,11-12,14,16,19H2,1-4H3,(H,31,33,34)/t20-,24-/m1/s1. The molecule has 1 saturated heterocycles. The molecule has 2 aliphatic rings. The van der Waals surface area contributed by atoms with Gasteiger partial charge in [0, 0.05) is 50.6 Å². The van der Waals surface area contributed by atoms with E-state index < -0.39 is 0 Å². The number of carbonyl (C=O) groups is 1. The van der Waals surface area contributed by atoms with Crippen LogP contribution in [0.25, 0.3) is 11.3 Å². The van der Waals surface area contributed by atoms with Gasteiger partial charge < -0.3 is 10.1 Å². The number of rotatable bonds is 7. The van der Waals surface area contributed by atoms with E-state index in [4.69, 9.17) is 9.72 Å². The summed E-state index contributed by atoms with van der Waals surface area (Å²) in [5, 5.41) is 15.9. The second-order valence-corrected chi connectivity index (χ2v) is 12.0. The predicted molar refractivity (Wildman–Crippen MR) is 155 cm³/mol. The number of hydrogen-bond donors (Lipinski definition) is 1. The number of ether oxygens (including phenoxy) is 1. The van der Waals surface area contributed by atoms with Crippen molar-refractivity contribution in [3.05, 3.63) is 65.9 Å². The van der Waals surface area contributed by atoms with E-state index in [1.165, 1.54) is 11.1 Å². The number of fused-ring (bicyclic) bond motifs is 1. The largest absolute Gasteiger partial charge is 0.380 e. The molecule has 1 fully saturated rings. The Morgan fingerprint density at radius 3 is 2.78 bits per heavy atom. The minimum Gasteiger partial charge on any atom is -0.380 e. The van der Waals surface area contributed by atoms with Crippen molar-refractivity contribution in [1.82, 2.24) is 39.6 Å². The first-order chi connectivity index (χ1) is 19.7. The van der Waals surface area contributed by atoms with Crippen LogP contribution in [0.15, 0.2) is 49.1 Å². The SMILES string of the molecule is Cn1cc(Nc2nccc(-c3ccc4c(c3)CN([C@@H]3CCOC3)CC[C@@H]4CC(=O)c3cn(C(C)(C)C)nn3)n2)cn1. The van der Waals surface area contributed by atoms with Crippen molar-refractivity contribution >= 4 is 17.4 Å². The lowest BCUT2D eigenvalue weighted by molar-refractivity contribution is 0.0963. The highest BCUT2D eigenvalue weighted by Gasteiger charge is 2.31. The van der Waals surface area contributed by atoms with Crippen LogP contribution in [0.5, 0.6) is 0 Å². The molecule has 2 aliphatic heterocycles.